The molecule has 5 nitrogen and oxygen atoms in total. The second-order valence-corrected chi connectivity index (χ2v) is 7.69. The highest BCUT2D eigenvalue weighted by molar-refractivity contribution is 5.90. The zero-order valence-electron chi connectivity index (χ0n) is 16.4. The van der Waals surface area contributed by atoms with Crippen LogP contribution in [0.15, 0.2) is 12.1 Å². The number of benzene rings is 1. The first-order valence-corrected chi connectivity index (χ1v) is 9.49. The van der Waals surface area contributed by atoms with E-state index in [9.17, 15) is 9.59 Å². The van der Waals surface area contributed by atoms with Gasteiger partial charge in [-0.2, -0.15) is 0 Å². The molecule has 1 aromatic carbocycles. The topological polar surface area (TPSA) is 65.2 Å². The quantitative estimate of drug-likeness (QED) is 0.865. The molecule has 0 saturated carbocycles. The molecular formula is C21H29N3O2. The van der Waals surface area contributed by atoms with Gasteiger partial charge in [-0.25, -0.2) is 0 Å². The molecule has 26 heavy (non-hydrogen) atoms. The molecule has 2 N–H and O–H groups in total. The standard InChI is InChI=1S/C21H29N3O2/c1-6-18-14(5)17-8-13(4)7-15(20(17)23-18)10-22-21(26)16-9-19(25)24(11-16)12(2)3/h7-8,12,16,23H,6,9-11H2,1-5H3,(H,22,26)/t16-/m0/s1. The van der Waals surface area contributed by atoms with Crippen molar-refractivity contribution in [2.45, 2.75) is 60.0 Å². The number of nitrogens with zero attached hydrogens (tertiary/aromatic N) is 1. The number of aromatic amines is 1. The molecule has 1 saturated heterocycles. The zero-order valence-corrected chi connectivity index (χ0v) is 16.4. The molecule has 2 heterocycles. The van der Waals surface area contributed by atoms with Gasteiger partial charge in [0.1, 0.15) is 0 Å². The summed E-state index contributed by atoms with van der Waals surface area (Å²) in [6.07, 6.45) is 1.27. The summed E-state index contributed by atoms with van der Waals surface area (Å²) in [5.41, 5.74) is 5.92. The number of amides is 2. The highest BCUT2D eigenvalue weighted by Crippen LogP contribution is 2.27. The Bertz CT molecular complexity index is 851. The number of rotatable bonds is 5. The van der Waals surface area contributed by atoms with Crippen molar-refractivity contribution in [3.05, 3.63) is 34.5 Å². The van der Waals surface area contributed by atoms with E-state index in [0.717, 1.165) is 17.5 Å². The molecule has 140 valence electrons. The molecule has 1 atom stereocenters. The molecular weight excluding hydrogens is 326 g/mol. The molecule has 0 bridgehead atoms. The van der Waals surface area contributed by atoms with E-state index in [0.29, 0.717) is 19.5 Å². The van der Waals surface area contributed by atoms with Gasteiger partial charge in [-0.15, -0.1) is 0 Å². The Kier molecular flexibility index (Phi) is 5.08. The average molecular weight is 355 g/mol. The van der Waals surface area contributed by atoms with Crippen molar-refractivity contribution in [3.63, 3.8) is 0 Å². The third-order valence-electron chi connectivity index (χ3n) is 5.46. The van der Waals surface area contributed by atoms with Crippen molar-refractivity contribution >= 4 is 22.7 Å². The lowest BCUT2D eigenvalue weighted by Crippen LogP contribution is -2.35. The molecule has 0 spiro atoms. The van der Waals surface area contributed by atoms with Crippen LogP contribution in [0.3, 0.4) is 0 Å². The van der Waals surface area contributed by atoms with Crippen LogP contribution in [0.2, 0.25) is 0 Å². The van der Waals surface area contributed by atoms with Crippen molar-refractivity contribution in [2.75, 3.05) is 6.54 Å². The number of aromatic nitrogens is 1. The van der Waals surface area contributed by atoms with Gasteiger partial charge in [0.25, 0.3) is 0 Å². The zero-order chi connectivity index (χ0) is 19.0. The van der Waals surface area contributed by atoms with Crippen LogP contribution >= 0.6 is 0 Å². The third kappa shape index (κ3) is 3.35. The maximum atomic E-state index is 12.6. The Morgan fingerprint density at radius 3 is 2.69 bits per heavy atom. The van der Waals surface area contributed by atoms with E-state index in [1.807, 2.05) is 13.8 Å². The van der Waals surface area contributed by atoms with E-state index < -0.39 is 0 Å². The first kappa shape index (κ1) is 18.5. The molecule has 1 aliphatic heterocycles. The number of carbonyl (C=O) groups excluding carboxylic acids is 2. The van der Waals surface area contributed by atoms with Gasteiger partial charge in [0.05, 0.1) is 11.4 Å². The van der Waals surface area contributed by atoms with E-state index in [2.05, 4.69) is 43.2 Å². The Hall–Kier alpha value is -2.30. The maximum absolute atomic E-state index is 12.6. The Balaban J connectivity index is 1.76. The number of hydrogen-bond acceptors (Lipinski definition) is 2. The number of hydrogen-bond donors (Lipinski definition) is 2. The predicted molar refractivity (Wildman–Crippen MR) is 104 cm³/mol. The van der Waals surface area contributed by atoms with Crippen molar-refractivity contribution in [2.24, 2.45) is 5.92 Å². The van der Waals surface area contributed by atoms with Crippen molar-refractivity contribution < 1.29 is 9.59 Å². The van der Waals surface area contributed by atoms with Gasteiger partial charge in [0, 0.05) is 36.6 Å². The number of fused-ring (bicyclic) bond motifs is 1. The van der Waals surface area contributed by atoms with Gasteiger partial charge in [-0.05, 0) is 51.3 Å². The minimum atomic E-state index is -0.248. The van der Waals surface area contributed by atoms with Crippen LogP contribution in [-0.2, 0) is 22.6 Å². The largest absolute Gasteiger partial charge is 0.358 e. The average Bonchev–Trinajstić information content (AvgIpc) is 3.13. The number of aryl methyl sites for hydroxylation is 3. The summed E-state index contributed by atoms with van der Waals surface area (Å²) in [6, 6.07) is 4.46. The first-order valence-electron chi connectivity index (χ1n) is 9.49. The van der Waals surface area contributed by atoms with Crippen molar-refractivity contribution in [1.29, 1.82) is 0 Å². The molecule has 2 amide bonds. The highest BCUT2D eigenvalue weighted by atomic mass is 16.2. The molecule has 0 radical (unpaired) electrons. The highest BCUT2D eigenvalue weighted by Gasteiger charge is 2.35. The summed E-state index contributed by atoms with van der Waals surface area (Å²) in [5.74, 6) is -0.206. The minimum absolute atomic E-state index is 0.0323. The van der Waals surface area contributed by atoms with Crippen LogP contribution in [0.4, 0.5) is 0 Å². The van der Waals surface area contributed by atoms with Gasteiger partial charge < -0.3 is 15.2 Å². The lowest BCUT2D eigenvalue weighted by atomic mass is 10.0. The lowest BCUT2D eigenvalue weighted by Gasteiger charge is -2.20. The molecule has 1 fully saturated rings. The minimum Gasteiger partial charge on any atom is -0.358 e. The van der Waals surface area contributed by atoms with Crippen molar-refractivity contribution in [1.82, 2.24) is 15.2 Å². The molecule has 5 heteroatoms. The van der Waals surface area contributed by atoms with Crippen molar-refractivity contribution in [3.8, 4) is 0 Å². The number of nitrogens with one attached hydrogen (secondary N) is 2. The summed E-state index contributed by atoms with van der Waals surface area (Å²) >= 11 is 0. The fourth-order valence-corrected chi connectivity index (χ4v) is 3.94. The van der Waals surface area contributed by atoms with Crippen LogP contribution < -0.4 is 5.32 Å². The summed E-state index contributed by atoms with van der Waals surface area (Å²) in [7, 11) is 0. The Labute approximate surface area is 155 Å². The first-order chi connectivity index (χ1) is 12.3. The van der Waals surface area contributed by atoms with Gasteiger partial charge in [-0.3, -0.25) is 9.59 Å². The van der Waals surface area contributed by atoms with Gasteiger partial charge >= 0.3 is 0 Å². The maximum Gasteiger partial charge on any atom is 0.225 e. The molecule has 3 rings (SSSR count). The Morgan fingerprint density at radius 1 is 1.35 bits per heavy atom. The fourth-order valence-electron chi connectivity index (χ4n) is 3.94. The van der Waals surface area contributed by atoms with E-state index in [-0.39, 0.29) is 23.8 Å². The fraction of sp³-hybridized carbons (Fsp3) is 0.524. The van der Waals surface area contributed by atoms with E-state index in [1.165, 1.54) is 22.2 Å². The number of carbonyl (C=O) groups is 2. The number of H-pyrrole nitrogens is 1. The predicted octanol–water partition coefficient (Wildman–Crippen LogP) is 3.22. The lowest BCUT2D eigenvalue weighted by molar-refractivity contribution is -0.129. The smallest absolute Gasteiger partial charge is 0.225 e. The van der Waals surface area contributed by atoms with Gasteiger partial charge in [0.2, 0.25) is 11.8 Å². The second kappa shape index (κ2) is 7.14. The third-order valence-corrected chi connectivity index (χ3v) is 5.46. The van der Waals surface area contributed by atoms with Crippen LogP contribution in [0.1, 0.15) is 49.6 Å². The van der Waals surface area contributed by atoms with E-state index in [4.69, 9.17) is 0 Å². The van der Waals surface area contributed by atoms with E-state index in [1.54, 1.807) is 4.90 Å². The van der Waals surface area contributed by atoms with Crippen LogP contribution in [0.5, 0.6) is 0 Å². The van der Waals surface area contributed by atoms with E-state index >= 15 is 0 Å². The second-order valence-electron chi connectivity index (χ2n) is 7.69. The molecule has 2 aromatic rings. The monoisotopic (exact) mass is 355 g/mol. The molecule has 0 aliphatic carbocycles. The summed E-state index contributed by atoms with van der Waals surface area (Å²) in [5, 5.41) is 4.28. The van der Waals surface area contributed by atoms with Crippen LogP contribution in [0.25, 0.3) is 10.9 Å². The molecule has 1 aliphatic rings. The summed E-state index contributed by atoms with van der Waals surface area (Å²) < 4.78 is 0. The van der Waals surface area contributed by atoms with Gasteiger partial charge in [-0.1, -0.05) is 18.6 Å². The van der Waals surface area contributed by atoms with Crippen LogP contribution in [0, 0.1) is 19.8 Å². The SMILES string of the molecule is CCc1[nH]c2c(CNC(=O)[C@H]3CC(=O)N(C(C)C)C3)cc(C)cc2c1C. The number of likely N-dealkylation sites (tertiary alicyclic amines) is 1. The summed E-state index contributed by atoms with van der Waals surface area (Å²) in [4.78, 5) is 29.9. The van der Waals surface area contributed by atoms with Crippen LogP contribution in [-0.4, -0.2) is 34.3 Å². The molecule has 1 aromatic heterocycles. The Morgan fingerprint density at radius 2 is 2.08 bits per heavy atom. The van der Waals surface area contributed by atoms with Gasteiger partial charge in [0.15, 0.2) is 0 Å². The molecule has 0 unspecified atom stereocenters. The summed E-state index contributed by atoms with van der Waals surface area (Å²) in [6.45, 7) is 11.3. The normalized spacial score (nSPS) is 17.5.